The Bertz CT molecular complexity index is 544. The molecule has 0 fully saturated rings. The van der Waals surface area contributed by atoms with E-state index in [1.165, 1.54) is 20.9 Å². The molecule has 0 amide bonds. The van der Waals surface area contributed by atoms with E-state index in [4.69, 9.17) is 0 Å². The molecule has 1 aromatic heterocycles. The first kappa shape index (κ1) is 13.8. The van der Waals surface area contributed by atoms with Gasteiger partial charge in [-0.3, -0.25) is 0 Å². The average molecular weight is 327 g/mol. The molecular weight excluding hydrogens is 311 g/mol. The van der Waals surface area contributed by atoms with Gasteiger partial charge in [-0.1, -0.05) is 15.9 Å². The highest BCUT2D eigenvalue weighted by Crippen LogP contribution is 2.39. The normalized spacial score (nSPS) is 12.8. The highest BCUT2D eigenvalue weighted by Gasteiger charge is 2.18. The highest BCUT2D eigenvalue weighted by atomic mass is 79.9. The quantitative estimate of drug-likeness (QED) is 0.629. The van der Waals surface area contributed by atoms with E-state index in [0.29, 0.717) is 0 Å². The maximum atomic E-state index is 13.3. The molecule has 0 aliphatic carbocycles. The Morgan fingerprint density at radius 1 is 1.00 bits per heavy atom. The first-order chi connectivity index (χ1) is 8.40. The third-order valence-corrected chi connectivity index (χ3v) is 5.72. The van der Waals surface area contributed by atoms with Gasteiger partial charge in [-0.15, -0.1) is 11.3 Å². The minimum Gasteiger partial charge on any atom is -0.207 e. The molecule has 1 unspecified atom stereocenters. The lowest BCUT2D eigenvalue weighted by atomic mass is 9.99. The molecule has 1 heterocycles. The molecule has 0 N–H and O–H groups in total. The zero-order valence-electron chi connectivity index (χ0n) is 11.0. The monoisotopic (exact) mass is 326 g/mol. The Hall–Kier alpha value is -0.670. The van der Waals surface area contributed by atoms with Crippen LogP contribution >= 0.6 is 27.3 Å². The van der Waals surface area contributed by atoms with Crippen molar-refractivity contribution < 1.29 is 4.39 Å². The first-order valence-electron chi connectivity index (χ1n) is 5.87. The van der Waals surface area contributed by atoms with Crippen LogP contribution in [0.25, 0.3) is 0 Å². The van der Waals surface area contributed by atoms with E-state index < -0.39 is 0 Å². The zero-order valence-corrected chi connectivity index (χ0v) is 13.4. The first-order valence-corrected chi connectivity index (χ1v) is 7.61. The number of thiophene rings is 1. The van der Waals surface area contributed by atoms with Gasteiger partial charge in [0.1, 0.15) is 5.82 Å². The minimum atomic E-state index is -0.160. The number of benzene rings is 1. The standard InChI is InChI=1S/C15H16BrFS/c1-8-7-13(18-11(8)4)15(16)14-9(2)5-12(17)6-10(14)3/h5-7,15H,1-4H3. The summed E-state index contributed by atoms with van der Waals surface area (Å²) in [5, 5.41) is 0. The van der Waals surface area contributed by atoms with Crippen LogP contribution in [-0.2, 0) is 0 Å². The molecule has 0 bridgehead atoms. The predicted molar refractivity (Wildman–Crippen MR) is 80.4 cm³/mol. The summed E-state index contributed by atoms with van der Waals surface area (Å²) in [6.07, 6.45) is 0. The molecule has 2 rings (SSSR count). The van der Waals surface area contributed by atoms with Gasteiger partial charge >= 0.3 is 0 Å². The topological polar surface area (TPSA) is 0 Å². The van der Waals surface area contributed by atoms with E-state index in [-0.39, 0.29) is 10.6 Å². The fourth-order valence-electron chi connectivity index (χ4n) is 2.19. The fourth-order valence-corrected chi connectivity index (χ4v) is 4.36. The number of rotatable bonds is 2. The number of aryl methyl sites for hydroxylation is 4. The van der Waals surface area contributed by atoms with Crippen molar-refractivity contribution >= 4 is 27.3 Å². The van der Waals surface area contributed by atoms with Crippen molar-refractivity contribution in [3.63, 3.8) is 0 Å². The summed E-state index contributed by atoms with van der Waals surface area (Å²) in [5.41, 5.74) is 4.49. The number of alkyl halides is 1. The SMILES string of the molecule is Cc1cc(C(Br)c2c(C)cc(F)cc2C)sc1C. The van der Waals surface area contributed by atoms with Gasteiger partial charge in [0.2, 0.25) is 0 Å². The van der Waals surface area contributed by atoms with Gasteiger partial charge in [-0.05, 0) is 68.1 Å². The molecule has 0 saturated heterocycles. The van der Waals surface area contributed by atoms with Crippen molar-refractivity contribution in [2.75, 3.05) is 0 Å². The largest absolute Gasteiger partial charge is 0.207 e. The van der Waals surface area contributed by atoms with Crippen LogP contribution in [-0.4, -0.2) is 0 Å². The second-order valence-corrected chi connectivity index (χ2v) is 6.91. The van der Waals surface area contributed by atoms with Crippen molar-refractivity contribution in [2.24, 2.45) is 0 Å². The Balaban J connectivity index is 2.49. The van der Waals surface area contributed by atoms with E-state index in [2.05, 4.69) is 35.8 Å². The Kier molecular flexibility index (Phi) is 3.93. The van der Waals surface area contributed by atoms with E-state index in [1.54, 1.807) is 23.5 Å². The van der Waals surface area contributed by atoms with Crippen LogP contribution in [0.2, 0.25) is 0 Å². The van der Waals surface area contributed by atoms with Gasteiger partial charge in [-0.2, -0.15) is 0 Å². The molecule has 1 atom stereocenters. The summed E-state index contributed by atoms with van der Waals surface area (Å²) in [5.74, 6) is -0.160. The maximum Gasteiger partial charge on any atom is 0.123 e. The molecule has 96 valence electrons. The van der Waals surface area contributed by atoms with Gasteiger partial charge in [0.25, 0.3) is 0 Å². The smallest absolute Gasteiger partial charge is 0.123 e. The molecule has 0 saturated carbocycles. The van der Waals surface area contributed by atoms with Gasteiger partial charge in [0.15, 0.2) is 0 Å². The predicted octanol–water partition coefficient (Wildman–Crippen LogP) is 5.61. The van der Waals surface area contributed by atoms with E-state index in [9.17, 15) is 4.39 Å². The molecule has 0 radical (unpaired) electrons. The van der Waals surface area contributed by atoms with Crippen molar-refractivity contribution in [3.05, 3.63) is 56.0 Å². The molecular formula is C15H16BrFS. The lowest BCUT2D eigenvalue weighted by molar-refractivity contribution is 0.624. The van der Waals surface area contributed by atoms with E-state index in [1.807, 2.05) is 13.8 Å². The van der Waals surface area contributed by atoms with Gasteiger partial charge < -0.3 is 0 Å². The summed E-state index contributed by atoms with van der Waals surface area (Å²) in [7, 11) is 0. The number of hydrogen-bond donors (Lipinski definition) is 0. The number of hydrogen-bond acceptors (Lipinski definition) is 1. The van der Waals surface area contributed by atoms with Crippen LogP contribution < -0.4 is 0 Å². The Labute approximate surface area is 120 Å². The summed E-state index contributed by atoms with van der Waals surface area (Å²) >= 11 is 5.55. The summed E-state index contributed by atoms with van der Waals surface area (Å²) in [4.78, 5) is 2.77. The molecule has 3 heteroatoms. The van der Waals surface area contributed by atoms with Crippen LogP contribution in [0.15, 0.2) is 18.2 Å². The lowest BCUT2D eigenvalue weighted by Gasteiger charge is -2.15. The van der Waals surface area contributed by atoms with Crippen molar-refractivity contribution in [2.45, 2.75) is 32.5 Å². The second kappa shape index (κ2) is 5.14. The molecule has 1 aromatic carbocycles. The zero-order chi connectivity index (χ0) is 13.4. The molecule has 0 aliphatic heterocycles. The van der Waals surface area contributed by atoms with Crippen LogP contribution in [0.5, 0.6) is 0 Å². The van der Waals surface area contributed by atoms with Crippen LogP contribution in [0.1, 0.15) is 36.8 Å². The minimum absolute atomic E-state index is 0.149. The third-order valence-electron chi connectivity index (χ3n) is 3.25. The number of halogens is 2. The molecule has 2 aromatic rings. The maximum absolute atomic E-state index is 13.3. The van der Waals surface area contributed by atoms with Gasteiger partial charge in [-0.25, -0.2) is 4.39 Å². The second-order valence-electron chi connectivity index (χ2n) is 4.70. The molecule has 0 nitrogen and oxygen atoms in total. The highest BCUT2D eigenvalue weighted by molar-refractivity contribution is 9.09. The molecule has 0 spiro atoms. The lowest BCUT2D eigenvalue weighted by Crippen LogP contribution is -1.98. The van der Waals surface area contributed by atoms with Crippen molar-refractivity contribution in [3.8, 4) is 0 Å². The van der Waals surface area contributed by atoms with Crippen LogP contribution in [0, 0.1) is 33.5 Å². The van der Waals surface area contributed by atoms with Crippen LogP contribution in [0.4, 0.5) is 4.39 Å². The fraction of sp³-hybridized carbons (Fsp3) is 0.333. The summed E-state index contributed by atoms with van der Waals surface area (Å²) in [6, 6.07) is 5.41. The van der Waals surface area contributed by atoms with E-state index >= 15 is 0 Å². The average Bonchev–Trinajstić information content (AvgIpc) is 2.57. The van der Waals surface area contributed by atoms with Gasteiger partial charge in [0, 0.05) is 9.75 Å². The van der Waals surface area contributed by atoms with Crippen molar-refractivity contribution in [1.29, 1.82) is 0 Å². The molecule has 18 heavy (non-hydrogen) atoms. The van der Waals surface area contributed by atoms with Gasteiger partial charge in [0.05, 0.1) is 4.83 Å². The Morgan fingerprint density at radius 3 is 2.00 bits per heavy atom. The van der Waals surface area contributed by atoms with Crippen molar-refractivity contribution in [1.82, 2.24) is 0 Å². The van der Waals surface area contributed by atoms with Crippen LogP contribution in [0.3, 0.4) is 0 Å². The van der Waals surface area contributed by atoms with E-state index in [0.717, 1.165) is 11.1 Å². The Morgan fingerprint density at radius 2 is 1.56 bits per heavy atom. The third kappa shape index (κ3) is 2.52. The summed E-state index contributed by atoms with van der Waals surface area (Å²) in [6.45, 7) is 8.19. The molecule has 0 aliphatic rings. The summed E-state index contributed by atoms with van der Waals surface area (Å²) < 4.78 is 13.3.